The van der Waals surface area contributed by atoms with Gasteiger partial charge in [-0.3, -0.25) is 0 Å². The molecule has 0 aromatic heterocycles. The van der Waals surface area contributed by atoms with Crippen LogP contribution in [0.15, 0.2) is 12.2 Å². The fraction of sp³-hybridized carbons (Fsp3) is 0.636. The molecule has 0 atom stereocenters. The highest BCUT2D eigenvalue weighted by atomic mass is 19.4. The van der Waals surface area contributed by atoms with Crippen LogP contribution in [0, 0.1) is 0 Å². The summed E-state index contributed by atoms with van der Waals surface area (Å²) in [4.78, 5) is 21.6. The molecular formula is C11H10F8O4. The van der Waals surface area contributed by atoms with Crippen molar-refractivity contribution in [2.45, 2.75) is 31.1 Å². The third-order valence-corrected chi connectivity index (χ3v) is 2.24. The Hall–Kier alpha value is -1.88. The van der Waals surface area contributed by atoms with Crippen molar-refractivity contribution in [3.8, 4) is 0 Å². The van der Waals surface area contributed by atoms with Gasteiger partial charge in [-0.25, -0.2) is 18.4 Å². The molecule has 0 aliphatic carbocycles. The van der Waals surface area contributed by atoms with Gasteiger partial charge in [-0.15, -0.1) is 0 Å². The molecule has 0 N–H and O–H groups in total. The second-order valence-corrected chi connectivity index (χ2v) is 4.12. The molecule has 0 fully saturated rings. The van der Waals surface area contributed by atoms with Crippen molar-refractivity contribution in [3.63, 3.8) is 0 Å². The van der Waals surface area contributed by atoms with Crippen LogP contribution in [-0.2, 0) is 19.1 Å². The van der Waals surface area contributed by atoms with Crippen molar-refractivity contribution in [2.24, 2.45) is 0 Å². The summed E-state index contributed by atoms with van der Waals surface area (Å²) in [5.41, 5.74) is -0.121. The second kappa shape index (κ2) is 7.13. The average Bonchev–Trinajstić information content (AvgIpc) is 2.41. The number of carbonyl (C=O) groups is 2. The normalized spacial score (nSPS) is 13.0. The third-order valence-electron chi connectivity index (χ3n) is 2.24. The van der Waals surface area contributed by atoms with Crippen LogP contribution in [0.5, 0.6) is 0 Å². The average molecular weight is 358 g/mol. The summed E-state index contributed by atoms with van der Waals surface area (Å²) in [5.74, 6) is -23.6. The number of hydrogen-bond acceptors (Lipinski definition) is 4. The molecule has 0 aromatic carbocycles. The highest BCUT2D eigenvalue weighted by Crippen LogP contribution is 2.48. The number of ether oxygens (including phenoxy) is 2. The SMILES string of the molecule is C=C(C)C(=O)OCCOC(=O)C(F)(F)C(F)(F)C(F)(F)C(F)F. The van der Waals surface area contributed by atoms with E-state index in [9.17, 15) is 44.7 Å². The van der Waals surface area contributed by atoms with Gasteiger partial charge in [-0.2, -0.15) is 26.3 Å². The second-order valence-electron chi connectivity index (χ2n) is 4.12. The number of halogens is 8. The molecule has 4 nitrogen and oxygen atoms in total. The van der Waals surface area contributed by atoms with Gasteiger partial charge in [0.1, 0.15) is 13.2 Å². The zero-order valence-corrected chi connectivity index (χ0v) is 11.4. The smallest absolute Gasteiger partial charge is 0.410 e. The van der Waals surface area contributed by atoms with E-state index in [4.69, 9.17) is 0 Å². The van der Waals surface area contributed by atoms with Crippen molar-refractivity contribution in [2.75, 3.05) is 13.2 Å². The number of esters is 2. The Bertz CT molecular complexity index is 475. The van der Waals surface area contributed by atoms with Crippen LogP contribution >= 0.6 is 0 Å². The first-order chi connectivity index (χ1) is 10.2. The fourth-order valence-electron chi connectivity index (χ4n) is 0.957. The molecule has 23 heavy (non-hydrogen) atoms. The summed E-state index contributed by atoms with van der Waals surface area (Å²) in [5, 5.41) is 0. The number of rotatable bonds is 8. The summed E-state index contributed by atoms with van der Waals surface area (Å²) >= 11 is 0. The summed E-state index contributed by atoms with van der Waals surface area (Å²) < 4.78 is 108. The van der Waals surface area contributed by atoms with Gasteiger partial charge in [0, 0.05) is 5.57 Å². The third kappa shape index (κ3) is 4.32. The first kappa shape index (κ1) is 21.1. The standard InChI is InChI=1S/C11H10F8O4/c1-5(2)6(20)22-3-4-23-8(21)10(16,17)11(18,19)9(14,15)7(12)13/h7H,1,3-4H2,2H3. The van der Waals surface area contributed by atoms with Crippen LogP contribution in [0.1, 0.15) is 6.92 Å². The van der Waals surface area contributed by atoms with Crippen molar-refractivity contribution < 1.29 is 54.2 Å². The lowest BCUT2D eigenvalue weighted by Crippen LogP contribution is -2.61. The Labute approximate surface area is 124 Å². The molecule has 0 aromatic rings. The molecular weight excluding hydrogens is 348 g/mol. The maximum Gasteiger partial charge on any atom is 0.410 e. The van der Waals surface area contributed by atoms with Crippen LogP contribution in [0.4, 0.5) is 35.1 Å². The Balaban J connectivity index is 4.85. The van der Waals surface area contributed by atoms with E-state index in [0.29, 0.717) is 0 Å². The Morgan fingerprint density at radius 1 is 1.00 bits per heavy atom. The minimum atomic E-state index is -6.69. The first-order valence-corrected chi connectivity index (χ1v) is 5.61. The lowest BCUT2D eigenvalue weighted by Gasteiger charge is -2.30. The molecule has 0 spiro atoms. The van der Waals surface area contributed by atoms with Crippen molar-refractivity contribution in [1.82, 2.24) is 0 Å². The van der Waals surface area contributed by atoms with Crippen LogP contribution in [0.25, 0.3) is 0 Å². The first-order valence-electron chi connectivity index (χ1n) is 5.61. The van der Waals surface area contributed by atoms with E-state index in [-0.39, 0.29) is 5.57 Å². The Morgan fingerprint density at radius 2 is 1.43 bits per heavy atom. The van der Waals surface area contributed by atoms with E-state index in [1.54, 1.807) is 0 Å². The summed E-state index contributed by atoms with van der Waals surface area (Å²) in [6.07, 6.45) is -5.15. The molecule has 12 heteroatoms. The summed E-state index contributed by atoms with van der Waals surface area (Å²) in [6, 6.07) is 0. The molecule has 0 radical (unpaired) electrons. The fourth-order valence-corrected chi connectivity index (χ4v) is 0.957. The van der Waals surface area contributed by atoms with Gasteiger partial charge in [0.15, 0.2) is 0 Å². The Kier molecular flexibility index (Phi) is 6.55. The van der Waals surface area contributed by atoms with Crippen LogP contribution in [0.3, 0.4) is 0 Å². The molecule has 0 amide bonds. The van der Waals surface area contributed by atoms with Gasteiger partial charge in [0.25, 0.3) is 0 Å². The van der Waals surface area contributed by atoms with Gasteiger partial charge in [-0.05, 0) is 6.92 Å². The Morgan fingerprint density at radius 3 is 1.83 bits per heavy atom. The monoisotopic (exact) mass is 358 g/mol. The quantitative estimate of drug-likeness (QED) is 0.290. The molecule has 0 aliphatic heterocycles. The number of hydrogen-bond donors (Lipinski definition) is 0. The molecule has 0 saturated heterocycles. The van der Waals surface area contributed by atoms with Crippen LogP contribution in [0.2, 0.25) is 0 Å². The van der Waals surface area contributed by atoms with E-state index >= 15 is 0 Å². The minimum Gasteiger partial charge on any atom is -0.459 e. The molecule has 0 heterocycles. The van der Waals surface area contributed by atoms with E-state index in [1.165, 1.54) is 6.92 Å². The van der Waals surface area contributed by atoms with Gasteiger partial charge in [0.05, 0.1) is 0 Å². The van der Waals surface area contributed by atoms with E-state index < -0.39 is 49.3 Å². The lowest BCUT2D eigenvalue weighted by molar-refractivity contribution is -0.332. The predicted octanol–water partition coefficient (Wildman–Crippen LogP) is 2.82. The highest BCUT2D eigenvalue weighted by Gasteiger charge is 2.79. The van der Waals surface area contributed by atoms with Crippen LogP contribution in [-0.4, -0.2) is 49.3 Å². The number of carbonyl (C=O) groups excluding carboxylic acids is 2. The number of alkyl halides is 8. The largest absolute Gasteiger partial charge is 0.459 e. The van der Waals surface area contributed by atoms with Gasteiger partial charge in [-0.1, -0.05) is 6.58 Å². The topological polar surface area (TPSA) is 52.6 Å². The van der Waals surface area contributed by atoms with Crippen molar-refractivity contribution >= 4 is 11.9 Å². The molecule has 134 valence electrons. The predicted molar refractivity (Wildman–Crippen MR) is 57.6 cm³/mol. The molecule has 0 unspecified atom stereocenters. The van der Waals surface area contributed by atoms with Crippen molar-refractivity contribution in [1.29, 1.82) is 0 Å². The molecule has 0 rings (SSSR count). The van der Waals surface area contributed by atoms with E-state index in [1.807, 2.05) is 0 Å². The van der Waals surface area contributed by atoms with E-state index in [2.05, 4.69) is 16.1 Å². The highest BCUT2D eigenvalue weighted by molar-refractivity contribution is 5.86. The zero-order chi connectivity index (χ0) is 18.6. The summed E-state index contributed by atoms with van der Waals surface area (Å²) in [6.45, 7) is 2.27. The maximum atomic E-state index is 13.0. The molecule has 0 saturated carbocycles. The van der Waals surface area contributed by atoms with Gasteiger partial charge in [0.2, 0.25) is 0 Å². The summed E-state index contributed by atoms with van der Waals surface area (Å²) in [7, 11) is 0. The maximum absolute atomic E-state index is 13.0. The van der Waals surface area contributed by atoms with Gasteiger partial charge < -0.3 is 9.47 Å². The van der Waals surface area contributed by atoms with Crippen LogP contribution < -0.4 is 0 Å². The zero-order valence-electron chi connectivity index (χ0n) is 11.4. The lowest BCUT2D eigenvalue weighted by atomic mass is 10.1. The molecule has 0 aliphatic rings. The van der Waals surface area contributed by atoms with Gasteiger partial charge >= 0.3 is 36.1 Å². The minimum absolute atomic E-state index is 0.121. The van der Waals surface area contributed by atoms with Crippen molar-refractivity contribution in [3.05, 3.63) is 12.2 Å². The van der Waals surface area contributed by atoms with E-state index in [0.717, 1.165) is 0 Å². The molecule has 0 bridgehead atoms.